The molecule has 7 nitrogen and oxygen atoms in total. The van der Waals surface area contributed by atoms with Gasteiger partial charge in [-0.15, -0.1) is 10.2 Å². The van der Waals surface area contributed by atoms with Gasteiger partial charge in [-0.05, 0) is 44.0 Å². The van der Waals surface area contributed by atoms with E-state index in [1.807, 2.05) is 37.3 Å². The minimum atomic E-state index is -0.118. The summed E-state index contributed by atoms with van der Waals surface area (Å²) in [5.74, 6) is 2.13. The Morgan fingerprint density at radius 3 is 2.77 bits per heavy atom. The maximum absolute atomic E-state index is 12.5. The number of hydrogen-bond acceptors (Lipinski definition) is 6. The number of thioether (sulfide) groups is 1. The molecule has 1 aliphatic rings. The van der Waals surface area contributed by atoms with Crippen molar-refractivity contribution in [3.8, 4) is 11.6 Å². The van der Waals surface area contributed by atoms with E-state index in [2.05, 4.69) is 24.7 Å². The molecule has 1 aliphatic carbocycles. The topological polar surface area (TPSA) is 89.6 Å². The lowest BCUT2D eigenvalue weighted by atomic mass is 9.95. The lowest BCUT2D eigenvalue weighted by Gasteiger charge is -2.25. The normalized spacial score (nSPS) is 16.2. The van der Waals surface area contributed by atoms with Crippen LogP contribution in [0, 0.1) is 0 Å². The van der Waals surface area contributed by atoms with E-state index in [-0.39, 0.29) is 10.8 Å². The molecular formula is C22H23N5O2S. The maximum atomic E-state index is 12.5. The Balaban J connectivity index is 1.50. The molecule has 154 valence electrons. The number of fused-ring (bicyclic) bond motifs is 1. The summed E-state index contributed by atoms with van der Waals surface area (Å²) in [5.41, 5.74) is 0.585. The first-order chi connectivity index (χ1) is 14.7. The van der Waals surface area contributed by atoms with Crippen molar-refractivity contribution < 1.29 is 4.42 Å². The molecule has 8 heteroatoms. The van der Waals surface area contributed by atoms with Gasteiger partial charge in [0.1, 0.15) is 5.82 Å². The summed E-state index contributed by atoms with van der Waals surface area (Å²) in [6.45, 7) is 2.03. The Bertz CT molecular complexity index is 1210. The minimum Gasteiger partial charge on any atom is -0.461 e. The molecule has 5 rings (SSSR count). The molecule has 0 unspecified atom stereocenters. The van der Waals surface area contributed by atoms with Crippen molar-refractivity contribution in [1.29, 1.82) is 0 Å². The molecule has 0 bridgehead atoms. The zero-order valence-corrected chi connectivity index (χ0v) is 17.6. The van der Waals surface area contributed by atoms with Gasteiger partial charge in [0, 0.05) is 6.04 Å². The average Bonchev–Trinajstić information content (AvgIpc) is 3.44. The maximum Gasteiger partial charge on any atom is 0.258 e. The van der Waals surface area contributed by atoms with Crippen LogP contribution in [0.25, 0.3) is 22.5 Å². The van der Waals surface area contributed by atoms with Crippen LogP contribution in [0.5, 0.6) is 0 Å². The van der Waals surface area contributed by atoms with Crippen LogP contribution in [0.15, 0.2) is 57.0 Å². The predicted molar refractivity (Wildman–Crippen MR) is 116 cm³/mol. The first-order valence-corrected chi connectivity index (χ1v) is 11.2. The van der Waals surface area contributed by atoms with Gasteiger partial charge in [0.15, 0.2) is 10.9 Å². The van der Waals surface area contributed by atoms with Gasteiger partial charge in [-0.3, -0.25) is 9.36 Å². The van der Waals surface area contributed by atoms with E-state index < -0.39 is 0 Å². The van der Waals surface area contributed by atoms with Crippen LogP contribution < -0.4 is 5.56 Å². The van der Waals surface area contributed by atoms with E-state index in [1.54, 1.807) is 24.1 Å². The number of aromatic amines is 1. The van der Waals surface area contributed by atoms with Crippen molar-refractivity contribution in [3.05, 3.63) is 58.8 Å². The van der Waals surface area contributed by atoms with E-state index in [0.29, 0.717) is 22.8 Å². The monoisotopic (exact) mass is 421 g/mol. The number of hydrogen-bond donors (Lipinski definition) is 1. The fraction of sp³-hybridized carbons (Fsp3) is 0.364. The van der Waals surface area contributed by atoms with Crippen LogP contribution in [0.3, 0.4) is 0 Å². The summed E-state index contributed by atoms with van der Waals surface area (Å²) in [7, 11) is 0. The highest BCUT2D eigenvalue weighted by atomic mass is 32.2. The number of furan rings is 1. The molecular weight excluding hydrogens is 398 g/mol. The van der Waals surface area contributed by atoms with Gasteiger partial charge >= 0.3 is 0 Å². The highest BCUT2D eigenvalue weighted by Crippen LogP contribution is 2.39. The van der Waals surface area contributed by atoms with Gasteiger partial charge in [0.25, 0.3) is 5.56 Å². The molecule has 1 atom stereocenters. The van der Waals surface area contributed by atoms with E-state index in [0.717, 1.165) is 29.6 Å². The number of nitrogens with zero attached hydrogens (tertiary/aromatic N) is 4. The Kier molecular flexibility index (Phi) is 5.16. The molecule has 3 aromatic heterocycles. The highest BCUT2D eigenvalue weighted by Gasteiger charge is 2.26. The van der Waals surface area contributed by atoms with Crippen LogP contribution in [0.4, 0.5) is 0 Å². The molecule has 0 saturated heterocycles. The van der Waals surface area contributed by atoms with E-state index in [9.17, 15) is 4.79 Å². The molecule has 3 heterocycles. The zero-order chi connectivity index (χ0) is 20.5. The standard InChI is InChI=1S/C22H23N5O2S/c1-14(19-23-17-11-6-5-10-16(17)21(28)24-19)30-22-26-25-20(18-12-7-13-29-18)27(22)15-8-3-2-4-9-15/h5-7,10-15H,2-4,8-9H2,1H3,(H,23,24,28)/t14-/m0/s1. The van der Waals surface area contributed by atoms with Gasteiger partial charge in [0.05, 0.1) is 22.4 Å². The Labute approximate surface area is 177 Å². The van der Waals surface area contributed by atoms with Gasteiger partial charge in [-0.25, -0.2) is 4.98 Å². The van der Waals surface area contributed by atoms with Crippen LogP contribution >= 0.6 is 11.8 Å². The Morgan fingerprint density at radius 1 is 1.13 bits per heavy atom. The number of H-pyrrole nitrogens is 1. The van der Waals surface area contributed by atoms with Crippen LogP contribution in [-0.2, 0) is 0 Å². The Hall–Kier alpha value is -2.87. The summed E-state index contributed by atoms with van der Waals surface area (Å²) in [4.78, 5) is 20.1. The fourth-order valence-electron chi connectivity index (χ4n) is 4.11. The van der Waals surface area contributed by atoms with Crippen LogP contribution in [0.1, 0.15) is 56.1 Å². The third-order valence-electron chi connectivity index (χ3n) is 5.64. The first-order valence-electron chi connectivity index (χ1n) is 10.3. The number of nitrogens with one attached hydrogen (secondary N) is 1. The molecule has 1 fully saturated rings. The zero-order valence-electron chi connectivity index (χ0n) is 16.7. The number of aromatic nitrogens is 5. The lowest BCUT2D eigenvalue weighted by Crippen LogP contribution is -2.16. The second kappa shape index (κ2) is 8.10. The summed E-state index contributed by atoms with van der Waals surface area (Å²) in [6, 6.07) is 11.5. The van der Waals surface area contributed by atoms with Gasteiger partial charge in [-0.1, -0.05) is 43.2 Å². The van der Waals surface area contributed by atoms with E-state index >= 15 is 0 Å². The number of rotatable bonds is 5. The minimum absolute atomic E-state index is 0.0849. The average molecular weight is 422 g/mol. The molecule has 30 heavy (non-hydrogen) atoms. The summed E-state index contributed by atoms with van der Waals surface area (Å²) < 4.78 is 7.85. The molecule has 0 spiro atoms. The van der Waals surface area contributed by atoms with Crippen LogP contribution in [-0.4, -0.2) is 24.7 Å². The molecule has 4 aromatic rings. The molecule has 0 amide bonds. The first kappa shape index (κ1) is 19.1. The van der Waals surface area contributed by atoms with Crippen molar-refractivity contribution in [1.82, 2.24) is 24.7 Å². The highest BCUT2D eigenvalue weighted by molar-refractivity contribution is 7.99. The van der Waals surface area contributed by atoms with E-state index in [4.69, 9.17) is 4.42 Å². The largest absolute Gasteiger partial charge is 0.461 e. The molecule has 0 radical (unpaired) electrons. The molecule has 1 aromatic carbocycles. The van der Waals surface area contributed by atoms with Crippen molar-refractivity contribution in [2.75, 3.05) is 0 Å². The SMILES string of the molecule is C[C@H](Sc1nnc(-c2ccco2)n1C1CCCCC1)c1nc2ccccc2c(=O)[nH]1. The van der Waals surface area contributed by atoms with Gasteiger partial charge in [-0.2, -0.15) is 0 Å². The fourth-order valence-corrected chi connectivity index (χ4v) is 5.09. The summed E-state index contributed by atoms with van der Waals surface area (Å²) in [6.07, 6.45) is 7.57. The molecule has 1 saturated carbocycles. The summed E-state index contributed by atoms with van der Waals surface area (Å²) >= 11 is 1.57. The lowest BCUT2D eigenvalue weighted by molar-refractivity contribution is 0.337. The van der Waals surface area contributed by atoms with Crippen LogP contribution in [0.2, 0.25) is 0 Å². The quantitative estimate of drug-likeness (QED) is 0.449. The van der Waals surface area contributed by atoms with E-state index in [1.165, 1.54) is 19.3 Å². The summed E-state index contributed by atoms with van der Waals surface area (Å²) in [5, 5.41) is 10.3. The molecule has 1 N–H and O–H groups in total. The third kappa shape index (κ3) is 3.56. The number of benzene rings is 1. The third-order valence-corrected chi connectivity index (χ3v) is 6.71. The van der Waals surface area contributed by atoms with Crippen molar-refractivity contribution in [3.63, 3.8) is 0 Å². The van der Waals surface area contributed by atoms with Crippen molar-refractivity contribution in [2.24, 2.45) is 0 Å². The van der Waals surface area contributed by atoms with Gasteiger partial charge in [0.2, 0.25) is 5.82 Å². The second-order valence-corrected chi connectivity index (χ2v) is 8.98. The second-order valence-electron chi connectivity index (χ2n) is 7.67. The van der Waals surface area contributed by atoms with Gasteiger partial charge < -0.3 is 9.40 Å². The smallest absolute Gasteiger partial charge is 0.258 e. The molecule has 0 aliphatic heterocycles. The predicted octanol–water partition coefficient (Wildman–Crippen LogP) is 5.13. The van der Waals surface area contributed by atoms with Crippen molar-refractivity contribution in [2.45, 2.75) is 55.5 Å². The number of para-hydroxylation sites is 1. The Morgan fingerprint density at radius 2 is 1.97 bits per heavy atom. The van der Waals surface area contributed by atoms with Crippen molar-refractivity contribution >= 4 is 22.7 Å².